The van der Waals surface area contributed by atoms with Crippen LogP contribution < -0.4 is 15.2 Å². The van der Waals surface area contributed by atoms with Crippen molar-refractivity contribution in [1.82, 2.24) is 4.90 Å². The molecule has 1 saturated carbocycles. The van der Waals surface area contributed by atoms with Crippen LogP contribution in [0.25, 0.3) is 0 Å². The monoisotopic (exact) mass is 300 g/mol. The van der Waals surface area contributed by atoms with E-state index in [0.29, 0.717) is 13.2 Å². The number of nitrogens with two attached hydrogens (primary N) is 1. The molecule has 5 nitrogen and oxygen atoms in total. The van der Waals surface area contributed by atoms with E-state index in [2.05, 4.69) is 0 Å². The van der Waals surface area contributed by atoms with Crippen molar-refractivity contribution in [3.05, 3.63) is 24.3 Å². The van der Waals surface area contributed by atoms with Gasteiger partial charge in [-0.3, -0.25) is 4.79 Å². The molecule has 2 N–H and O–H groups in total. The minimum Gasteiger partial charge on any atom is -0.497 e. The topological polar surface area (TPSA) is 64.8 Å². The van der Waals surface area contributed by atoms with Gasteiger partial charge < -0.3 is 20.1 Å². The van der Waals surface area contributed by atoms with Crippen LogP contribution in [0, 0.1) is 0 Å². The summed E-state index contributed by atoms with van der Waals surface area (Å²) in [4.78, 5) is 13.5. The van der Waals surface area contributed by atoms with Crippen LogP contribution >= 0.6 is 12.4 Å². The van der Waals surface area contributed by atoms with Crippen LogP contribution in [0.15, 0.2) is 24.3 Å². The number of methoxy groups -OCH3 is 1. The molecule has 0 spiro atoms. The van der Waals surface area contributed by atoms with Gasteiger partial charge in [0.05, 0.1) is 19.2 Å². The molecule has 0 aliphatic heterocycles. The zero-order valence-corrected chi connectivity index (χ0v) is 12.6. The SMILES string of the molecule is COc1ccc(OCCN(C)C(=O)C2(N)CC2)cc1.Cl. The summed E-state index contributed by atoms with van der Waals surface area (Å²) >= 11 is 0. The minimum atomic E-state index is -0.602. The highest BCUT2D eigenvalue weighted by Crippen LogP contribution is 2.33. The molecule has 1 aromatic carbocycles. The first-order chi connectivity index (χ1) is 9.05. The number of benzene rings is 1. The molecule has 0 radical (unpaired) electrons. The predicted octanol–water partition coefficient (Wildman–Crippen LogP) is 1.45. The molecule has 1 amide bonds. The Kier molecular flexibility index (Phi) is 5.65. The number of halogens is 1. The van der Waals surface area contributed by atoms with E-state index in [9.17, 15) is 4.79 Å². The number of carbonyl (C=O) groups excluding carboxylic acids is 1. The van der Waals surface area contributed by atoms with Gasteiger partial charge in [-0.1, -0.05) is 0 Å². The lowest BCUT2D eigenvalue weighted by atomic mass is 10.2. The van der Waals surface area contributed by atoms with Gasteiger partial charge in [0.1, 0.15) is 18.1 Å². The standard InChI is InChI=1S/C14H20N2O3.ClH/c1-16(13(17)14(15)7-8-14)9-10-19-12-5-3-11(18-2)4-6-12;/h3-6H,7-10,15H2,1-2H3;1H. The van der Waals surface area contributed by atoms with Crippen molar-refractivity contribution in [1.29, 1.82) is 0 Å². The Bertz CT molecular complexity index is 446. The number of hydrogen-bond acceptors (Lipinski definition) is 4. The van der Waals surface area contributed by atoms with Crippen molar-refractivity contribution >= 4 is 18.3 Å². The Balaban J connectivity index is 0.00000200. The summed E-state index contributed by atoms with van der Waals surface area (Å²) < 4.78 is 10.6. The summed E-state index contributed by atoms with van der Waals surface area (Å²) in [6.45, 7) is 0.981. The molecule has 1 fully saturated rings. The molecule has 0 unspecified atom stereocenters. The molecule has 0 heterocycles. The lowest BCUT2D eigenvalue weighted by Gasteiger charge is -2.20. The fourth-order valence-corrected chi connectivity index (χ4v) is 1.80. The first-order valence-electron chi connectivity index (χ1n) is 6.36. The molecule has 1 aliphatic rings. The summed E-state index contributed by atoms with van der Waals surface area (Å²) in [6.07, 6.45) is 1.57. The van der Waals surface area contributed by atoms with Gasteiger partial charge in [0.15, 0.2) is 0 Å². The molecule has 1 aromatic rings. The van der Waals surface area contributed by atoms with Crippen molar-refractivity contribution in [2.24, 2.45) is 5.73 Å². The number of rotatable bonds is 6. The average Bonchev–Trinajstić information content (AvgIpc) is 3.18. The molecular formula is C14H21ClN2O3. The third-order valence-electron chi connectivity index (χ3n) is 3.32. The van der Waals surface area contributed by atoms with Gasteiger partial charge in [0.25, 0.3) is 0 Å². The first kappa shape index (κ1) is 16.6. The summed E-state index contributed by atoms with van der Waals surface area (Å²) in [6, 6.07) is 7.35. The number of ether oxygens (including phenoxy) is 2. The van der Waals surface area contributed by atoms with Gasteiger partial charge in [-0.25, -0.2) is 0 Å². The van der Waals surface area contributed by atoms with Gasteiger partial charge in [0.2, 0.25) is 5.91 Å². The fourth-order valence-electron chi connectivity index (χ4n) is 1.80. The Morgan fingerprint density at radius 3 is 2.35 bits per heavy atom. The highest BCUT2D eigenvalue weighted by atomic mass is 35.5. The van der Waals surface area contributed by atoms with E-state index >= 15 is 0 Å². The summed E-state index contributed by atoms with van der Waals surface area (Å²) in [5.41, 5.74) is 5.26. The fraction of sp³-hybridized carbons (Fsp3) is 0.500. The lowest BCUT2D eigenvalue weighted by Crippen LogP contribution is -2.45. The number of likely N-dealkylation sites (N-methyl/N-ethyl adjacent to an activating group) is 1. The molecule has 1 aliphatic carbocycles. The van der Waals surface area contributed by atoms with Crippen LogP contribution in [0.2, 0.25) is 0 Å². The van der Waals surface area contributed by atoms with Crippen molar-refractivity contribution < 1.29 is 14.3 Å². The van der Waals surface area contributed by atoms with Gasteiger partial charge in [-0.05, 0) is 37.1 Å². The van der Waals surface area contributed by atoms with E-state index in [1.54, 1.807) is 19.1 Å². The normalized spacial score (nSPS) is 14.9. The maximum Gasteiger partial charge on any atom is 0.242 e. The second-order valence-corrected chi connectivity index (χ2v) is 4.91. The second-order valence-electron chi connectivity index (χ2n) is 4.91. The Labute approximate surface area is 125 Å². The van der Waals surface area contributed by atoms with E-state index in [-0.39, 0.29) is 18.3 Å². The van der Waals surface area contributed by atoms with E-state index in [0.717, 1.165) is 24.3 Å². The zero-order valence-electron chi connectivity index (χ0n) is 11.8. The van der Waals surface area contributed by atoms with Crippen LogP contribution in [0.1, 0.15) is 12.8 Å². The molecule has 112 valence electrons. The molecule has 2 rings (SSSR count). The highest BCUT2D eigenvalue weighted by Gasteiger charge is 2.47. The van der Waals surface area contributed by atoms with E-state index < -0.39 is 5.54 Å². The van der Waals surface area contributed by atoms with Crippen molar-refractivity contribution in [3.63, 3.8) is 0 Å². The largest absolute Gasteiger partial charge is 0.497 e. The summed E-state index contributed by atoms with van der Waals surface area (Å²) in [7, 11) is 3.38. The van der Waals surface area contributed by atoms with Crippen molar-refractivity contribution in [2.45, 2.75) is 18.4 Å². The minimum absolute atomic E-state index is 0. The smallest absolute Gasteiger partial charge is 0.242 e. The molecule has 0 saturated heterocycles. The third kappa shape index (κ3) is 4.02. The molecule has 0 atom stereocenters. The molecular weight excluding hydrogens is 280 g/mol. The molecule has 6 heteroatoms. The molecule has 0 bridgehead atoms. The molecule has 20 heavy (non-hydrogen) atoms. The number of nitrogens with zero attached hydrogens (tertiary/aromatic N) is 1. The van der Waals surface area contributed by atoms with Crippen molar-refractivity contribution in [2.75, 3.05) is 27.3 Å². The Hall–Kier alpha value is -1.46. The van der Waals surface area contributed by atoms with Crippen LogP contribution in [0.5, 0.6) is 11.5 Å². The maximum absolute atomic E-state index is 11.9. The predicted molar refractivity (Wildman–Crippen MR) is 79.5 cm³/mol. The van der Waals surface area contributed by atoms with Crippen LogP contribution in [-0.2, 0) is 4.79 Å². The van der Waals surface area contributed by atoms with Crippen molar-refractivity contribution in [3.8, 4) is 11.5 Å². The number of amides is 1. The van der Waals surface area contributed by atoms with Crippen LogP contribution in [0.3, 0.4) is 0 Å². The van der Waals surface area contributed by atoms with E-state index in [4.69, 9.17) is 15.2 Å². The molecule has 0 aromatic heterocycles. The number of hydrogen-bond donors (Lipinski definition) is 1. The summed E-state index contributed by atoms with van der Waals surface area (Å²) in [5.74, 6) is 1.56. The third-order valence-corrected chi connectivity index (χ3v) is 3.32. The Morgan fingerprint density at radius 2 is 1.85 bits per heavy atom. The van der Waals surface area contributed by atoms with Gasteiger partial charge in [-0.15, -0.1) is 12.4 Å². The van der Waals surface area contributed by atoms with Gasteiger partial charge in [0, 0.05) is 7.05 Å². The van der Waals surface area contributed by atoms with E-state index in [1.807, 2.05) is 24.3 Å². The average molecular weight is 301 g/mol. The highest BCUT2D eigenvalue weighted by molar-refractivity contribution is 5.88. The number of carbonyl (C=O) groups is 1. The zero-order chi connectivity index (χ0) is 13.9. The van der Waals surface area contributed by atoms with Gasteiger partial charge in [-0.2, -0.15) is 0 Å². The van der Waals surface area contributed by atoms with Crippen LogP contribution in [-0.4, -0.2) is 43.7 Å². The second kappa shape index (κ2) is 6.81. The van der Waals surface area contributed by atoms with E-state index in [1.165, 1.54) is 0 Å². The first-order valence-corrected chi connectivity index (χ1v) is 6.36. The van der Waals surface area contributed by atoms with Gasteiger partial charge >= 0.3 is 0 Å². The quantitative estimate of drug-likeness (QED) is 0.863. The van der Waals surface area contributed by atoms with Crippen LogP contribution in [0.4, 0.5) is 0 Å². The summed E-state index contributed by atoms with van der Waals surface area (Å²) in [5, 5.41) is 0. The Morgan fingerprint density at radius 1 is 1.30 bits per heavy atom. The lowest BCUT2D eigenvalue weighted by molar-refractivity contribution is -0.132. The maximum atomic E-state index is 11.9.